The van der Waals surface area contributed by atoms with E-state index in [0.717, 1.165) is 0 Å². The molecule has 0 radical (unpaired) electrons. The molecule has 0 aliphatic heterocycles. The Kier molecular flexibility index (Phi) is 3.96. The minimum absolute atomic E-state index is 0.547. The lowest BCUT2D eigenvalue weighted by atomic mass is 9.97. The maximum absolute atomic E-state index is 6.89. The second kappa shape index (κ2) is 5.52. The van der Waals surface area contributed by atoms with Crippen LogP contribution in [-0.2, 0) is 0 Å². The zero-order chi connectivity index (χ0) is 16.0. The van der Waals surface area contributed by atoms with Crippen molar-refractivity contribution in [1.29, 1.82) is 0 Å². The molecule has 3 heteroatoms. The van der Waals surface area contributed by atoms with Gasteiger partial charge in [0.2, 0.25) is 0 Å². The van der Waals surface area contributed by atoms with Gasteiger partial charge in [0, 0.05) is 0 Å². The number of hydrogen-bond donors (Lipinski definition) is 0. The Morgan fingerprint density at radius 1 is 0.864 bits per heavy atom. The second-order valence-corrected chi connectivity index (χ2v) is 25.6. The first-order chi connectivity index (χ1) is 10.3. The Labute approximate surface area is 140 Å². The van der Waals surface area contributed by atoms with E-state index in [9.17, 15) is 0 Å². The molecular weight excluding hydrogens is 320 g/mol. The molecule has 0 bridgehead atoms. The summed E-state index contributed by atoms with van der Waals surface area (Å²) in [5, 5.41) is 0. The summed E-state index contributed by atoms with van der Waals surface area (Å²) in [7, 11) is -1.53. The summed E-state index contributed by atoms with van der Waals surface area (Å²) >= 11 is 6.89. The highest BCUT2D eigenvalue weighted by atomic mass is 35.6. The van der Waals surface area contributed by atoms with Crippen LogP contribution in [-0.4, -0.2) is 14.5 Å². The van der Waals surface area contributed by atoms with Crippen molar-refractivity contribution in [3.63, 3.8) is 0 Å². The molecule has 0 amide bonds. The lowest BCUT2D eigenvalue weighted by Gasteiger charge is -2.38. The molecule has 22 heavy (non-hydrogen) atoms. The molecule has 0 fully saturated rings. The molecule has 0 saturated carbocycles. The molecule has 1 aliphatic carbocycles. The lowest BCUT2D eigenvalue weighted by molar-refractivity contribution is 1.18. The predicted molar refractivity (Wildman–Crippen MR) is 104 cm³/mol. The molecule has 0 aromatic heterocycles. The number of allylic oxidation sites excluding steroid dienone is 1. The van der Waals surface area contributed by atoms with Gasteiger partial charge in [-0.2, -0.15) is 11.1 Å². The van der Waals surface area contributed by atoms with Crippen LogP contribution < -0.4 is 0 Å². The van der Waals surface area contributed by atoms with Crippen LogP contribution in [0.1, 0.15) is 16.7 Å². The molecule has 1 aliphatic rings. The summed E-state index contributed by atoms with van der Waals surface area (Å²) in [6.45, 7) is 7.90. The number of hydrogen-bond acceptors (Lipinski definition) is 0. The smallest absolute Gasteiger partial charge is 0.141 e. The Morgan fingerprint density at radius 3 is 2.18 bits per heavy atom. The van der Waals surface area contributed by atoms with Crippen LogP contribution in [0, 0.1) is 0 Å². The third-order valence-electron chi connectivity index (χ3n) is 5.32. The SMILES string of the molecule is C[Si](C)(Cl)[Si](C)(C)C1C=Cc2c(-c3ccccc3)cccc21. The molecule has 0 nitrogen and oxygen atoms in total. The van der Waals surface area contributed by atoms with Crippen LogP contribution in [0.4, 0.5) is 0 Å². The summed E-state index contributed by atoms with van der Waals surface area (Å²) in [5.74, 6) is 0. The molecule has 0 heterocycles. The van der Waals surface area contributed by atoms with Crippen LogP contribution in [0.25, 0.3) is 17.2 Å². The molecule has 114 valence electrons. The van der Waals surface area contributed by atoms with E-state index < -0.39 is 14.5 Å². The van der Waals surface area contributed by atoms with E-state index in [1.807, 2.05) is 0 Å². The first-order valence-electron chi connectivity index (χ1n) is 7.88. The Bertz CT molecular complexity index is 712. The van der Waals surface area contributed by atoms with Crippen molar-refractivity contribution in [3.05, 3.63) is 65.7 Å². The minimum Gasteiger partial charge on any atom is -0.171 e. The van der Waals surface area contributed by atoms with Crippen molar-refractivity contribution < 1.29 is 0 Å². The van der Waals surface area contributed by atoms with E-state index in [0.29, 0.717) is 5.54 Å². The van der Waals surface area contributed by atoms with Gasteiger partial charge in [-0.25, -0.2) is 0 Å². The van der Waals surface area contributed by atoms with Gasteiger partial charge in [0.25, 0.3) is 0 Å². The summed E-state index contributed by atoms with van der Waals surface area (Å²) in [6, 6.07) is 17.4. The van der Waals surface area contributed by atoms with Crippen LogP contribution in [0.5, 0.6) is 0 Å². The summed E-state index contributed by atoms with van der Waals surface area (Å²) in [6.07, 6.45) is 4.74. The summed E-state index contributed by atoms with van der Waals surface area (Å²) in [5.41, 5.74) is 6.07. The van der Waals surface area contributed by atoms with Gasteiger partial charge >= 0.3 is 0 Å². The van der Waals surface area contributed by atoms with Gasteiger partial charge in [-0.1, -0.05) is 86.9 Å². The van der Waals surface area contributed by atoms with E-state index in [4.69, 9.17) is 11.1 Å². The lowest BCUT2D eigenvalue weighted by Crippen LogP contribution is -2.54. The summed E-state index contributed by atoms with van der Waals surface area (Å²) < 4.78 is 0. The van der Waals surface area contributed by atoms with E-state index in [1.54, 1.807) is 0 Å². The fraction of sp³-hybridized carbons (Fsp3) is 0.263. The molecule has 0 saturated heterocycles. The third kappa shape index (κ3) is 2.53. The van der Waals surface area contributed by atoms with Gasteiger partial charge in [0.05, 0.1) is 7.59 Å². The van der Waals surface area contributed by atoms with E-state index in [1.165, 1.54) is 22.3 Å². The van der Waals surface area contributed by atoms with Crippen molar-refractivity contribution >= 4 is 31.6 Å². The number of fused-ring (bicyclic) bond motifs is 1. The molecule has 2 aromatic carbocycles. The maximum atomic E-state index is 6.89. The first kappa shape index (κ1) is 15.8. The molecule has 2 aromatic rings. The highest BCUT2D eigenvalue weighted by Gasteiger charge is 2.47. The van der Waals surface area contributed by atoms with Gasteiger partial charge in [-0.3, -0.25) is 0 Å². The fourth-order valence-corrected chi connectivity index (χ4v) is 9.58. The number of halogens is 1. The summed E-state index contributed by atoms with van der Waals surface area (Å²) in [4.78, 5) is 0. The van der Waals surface area contributed by atoms with Crippen LogP contribution >= 0.6 is 11.1 Å². The van der Waals surface area contributed by atoms with Crippen molar-refractivity contribution in [3.8, 4) is 11.1 Å². The topological polar surface area (TPSA) is 0 Å². The van der Waals surface area contributed by atoms with Crippen LogP contribution in [0.2, 0.25) is 26.2 Å². The van der Waals surface area contributed by atoms with E-state index >= 15 is 0 Å². The van der Waals surface area contributed by atoms with Crippen molar-refractivity contribution in [2.45, 2.75) is 31.7 Å². The van der Waals surface area contributed by atoms with Crippen LogP contribution in [0.15, 0.2) is 54.6 Å². The van der Waals surface area contributed by atoms with Crippen LogP contribution in [0.3, 0.4) is 0 Å². The Morgan fingerprint density at radius 2 is 1.55 bits per heavy atom. The maximum Gasteiger partial charge on any atom is 0.141 e. The molecule has 3 rings (SSSR count). The Balaban J connectivity index is 2.10. The van der Waals surface area contributed by atoms with Gasteiger partial charge in [-0.05, 0) is 27.8 Å². The van der Waals surface area contributed by atoms with E-state index in [2.05, 4.69) is 86.9 Å². The molecule has 1 unspecified atom stereocenters. The second-order valence-electron chi connectivity index (χ2n) is 7.21. The van der Waals surface area contributed by atoms with Gasteiger partial charge < -0.3 is 0 Å². The largest absolute Gasteiger partial charge is 0.171 e. The van der Waals surface area contributed by atoms with Crippen molar-refractivity contribution in [2.24, 2.45) is 0 Å². The fourth-order valence-electron chi connectivity index (χ4n) is 3.20. The van der Waals surface area contributed by atoms with Gasteiger partial charge in [0.15, 0.2) is 0 Å². The standard InChI is InChI=1S/C19H23ClSi2/c1-21(2,22(3,4)20)19-14-13-17-16(11-8-12-18(17)19)15-9-6-5-7-10-15/h5-14,19H,1-4H3. The van der Waals surface area contributed by atoms with Crippen molar-refractivity contribution in [1.82, 2.24) is 0 Å². The number of benzene rings is 2. The zero-order valence-corrected chi connectivity index (χ0v) is 16.5. The predicted octanol–water partition coefficient (Wildman–Crippen LogP) is 6.23. The average molecular weight is 343 g/mol. The quantitative estimate of drug-likeness (QED) is 0.458. The van der Waals surface area contributed by atoms with Crippen molar-refractivity contribution in [2.75, 3.05) is 0 Å². The highest BCUT2D eigenvalue weighted by molar-refractivity contribution is 7.58. The molecular formula is C19H23ClSi2. The van der Waals surface area contributed by atoms with E-state index in [-0.39, 0.29) is 0 Å². The molecule has 1 atom stereocenters. The molecule has 0 spiro atoms. The monoisotopic (exact) mass is 342 g/mol. The highest BCUT2D eigenvalue weighted by Crippen LogP contribution is 2.44. The van der Waals surface area contributed by atoms with Gasteiger partial charge in [0.1, 0.15) is 6.90 Å². The molecule has 0 N–H and O–H groups in total. The first-order valence-corrected chi connectivity index (χ1v) is 16.0. The zero-order valence-electron chi connectivity index (χ0n) is 13.7. The number of rotatable bonds is 3. The van der Waals surface area contributed by atoms with Gasteiger partial charge in [-0.15, -0.1) is 0 Å². The third-order valence-corrected chi connectivity index (χ3v) is 25.0. The minimum atomic E-state index is -1.66. The Hall–Kier alpha value is -1.10. The average Bonchev–Trinajstić information content (AvgIpc) is 2.91. The normalized spacial score (nSPS) is 17.6.